The summed E-state index contributed by atoms with van der Waals surface area (Å²) >= 11 is 0. The Bertz CT molecular complexity index is 3800. The molecule has 0 saturated heterocycles. The van der Waals surface area contributed by atoms with Crippen molar-refractivity contribution in [2.45, 2.75) is 79.1 Å². The Hall–Kier alpha value is -6.99. The zero-order chi connectivity index (χ0) is 48.7. The molecule has 0 saturated carbocycles. The molecule has 0 aliphatic rings. The van der Waals surface area contributed by atoms with Crippen LogP contribution in [0.1, 0.15) is 101 Å². The van der Waals surface area contributed by atoms with Crippen molar-refractivity contribution >= 4 is 65.4 Å². The summed E-state index contributed by atoms with van der Waals surface area (Å²) in [5, 5.41) is 6.40. The average molecular weight is 1320 g/mol. The van der Waals surface area contributed by atoms with E-state index in [1.807, 2.05) is 41.2 Å². The maximum absolute atomic E-state index is 6.81. The Labute approximate surface area is 453 Å². The fraction of sp³-hybridized carbons (Fsp3) is 0.197. The minimum absolute atomic E-state index is 0. The first-order valence-corrected chi connectivity index (χ1v) is 24.3. The number of aromatic nitrogens is 8. The molecule has 12 rings (SSSR count). The molecule has 6 heterocycles. The van der Waals surface area contributed by atoms with Crippen molar-refractivity contribution < 1.29 is 51.6 Å². The Kier molecular flexibility index (Phi) is 13.4. The molecule has 12 heteroatoms. The van der Waals surface area contributed by atoms with Gasteiger partial charge in [-0.15, -0.1) is 59.7 Å². The summed E-state index contributed by atoms with van der Waals surface area (Å²) in [5.74, 6) is 5.31. The van der Waals surface area contributed by atoms with E-state index in [1.165, 1.54) is 23.8 Å². The van der Waals surface area contributed by atoms with Crippen molar-refractivity contribution in [2.24, 2.45) is 0 Å². The van der Waals surface area contributed by atoms with Gasteiger partial charge >= 0.3 is 42.1 Å². The Morgan fingerprint density at radius 3 is 1.26 bits per heavy atom. The van der Waals surface area contributed by atoms with E-state index in [4.69, 9.17) is 19.4 Å². The van der Waals surface area contributed by atoms with Crippen LogP contribution in [-0.2, 0) is 42.1 Å². The zero-order valence-corrected chi connectivity index (χ0v) is 46.1. The molecule has 0 bridgehead atoms. The van der Waals surface area contributed by atoms with E-state index in [-0.39, 0.29) is 54.0 Å². The molecule has 0 amide bonds. The molecule has 0 fully saturated rings. The van der Waals surface area contributed by atoms with Gasteiger partial charge in [0, 0.05) is 46.4 Å². The number of benzene rings is 6. The van der Waals surface area contributed by atoms with E-state index >= 15 is 0 Å². The van der Waals surface area contributed by atoms with E-state index in [9.17, 15) is 0 Å². The average Bonchev–Trinajstić information content (AvgIpc) is 4.01. The van der Waals surface area contributed by atoms with E-state index in [0.29, 0.717) is 51.8 Å². The number of rotatable bonds is 11. The van der Waals surface area contributed by atoms with Crippen LogP contribution in [0.15, 0.2) is 134 Å². The molecule has 0 spiro atoms. The third-order valence-electron chi connectivity index (χ3n) is 13.6. The van der Waals surface area contributed by atoms with Gasteiger partial charge < -0.3 is 23.2 Å². The first kappa shape index (κ1) is 49.6. The fourth-order valence-electron chi connectivity index (χ4n) is 10.1. The van der Waals surface area contributed by atoms with Gasteiger partial charge in [-0.1, -0.05) is 125 Å². The quantitative estimate of drug-likeness (QED) is 0.119. The largest absolute Gasteiger partial charge is 2.00 e. The normalized spacial score (nSPS) is 11.8. The zero-order valence-electron chi connectivity index (χ0n) is 41.5. The molecular formula is C61H50N8O2Pt2. The third-order valence-corrected chi connectivity index (χ3v) is 13.6. The van der Waals surface area contributed by atoms with Gasteiger partial charge in [-0.25, -0.2) is 24.9 Å². The number of nitrogens with zero attached hydrogens (tertiary/aromatic N) is 8. The molecule has 12 aromatic rings. The Balaban J connectivity index is 0.00000306. The smallest absolute Gasteiger partial charge is 0.509 e. The molecule has 0 aliphatic carbocycles. The Morgan fingerprint density at radius 2 is 0.836 bits per heavy atom. The maximum Gasteiger partial charge on any atom is 2.00 e. The summed E-state index contributed by atoms with van der Waals surface area (Å²) in [4.78, 5) is 23.2. The molecule has 0 N–H and O–H groups in total. The summed E-state index contributed by atoms with van der Waals surface area (Å²) in [6.45, 7) is 17.7. The minimum Gasteiger partial charge on any atom is -0.509 e. The van der Waals surface area contributed by atoms with Crippen LogP contribution in [0.2, 0.25) is 0 Å². The second kappa shape index (κ2) is 19.8. The van der Waals surface area contributed by atoms with Crippen LogP contribution in [0.5, 0.6) is 23.0 Å². The monoisotopic (exact) mass is 1320 g/mol. The van der Waals surface area contributed by atoms with Crippen LogP contribution in [0.25, 0.3) is 83.0 Å². The number of hydrogen-bond acceptors (Lipinski definition) is 7. The van der Waals surface area contributed by atoms with Crippen LogP contribution in [0.3, 0.4) is 0 Å². The van der Waals surface area contributed by atoms with E-state index in [2.05, 4.69) is 189 Å². The molecule has 366 valence electrons. The first-order chi connectivity index (χ1) is 34.5. The van der Waals surface area contributed by atoms with Gasteiger partial charge in [0.2, 0.25) is 5.95 Å². The van der Waals surface area contributed by atoms with E-state index < -0.39 is 0 Å². The van der Waals surface area contributed by atoms with Gasteiger partial charge in [0.05, 0.1) is 0 Å². The maximum atomic E-state index is 6.81. The van der Waals surface area contributed by atoms with Crippen LogP contribution >= 0.6 is 0 Å². The molecule has 0 atom stereocenters. The van der Waals surface area contributed by atoms with Crippen molar-refractivity contribution in [2.75, 3.05) is 0 Å². The van der Waals surface area contributed by atoms with E-state index in [1.54, 1.807) is 0 Å². The van der Waals surface area contributed by atoms with Crippen LogP contribution in [0, 0.1) is 24.3 Å². The molecule has 6 aromatic heterocycles. The standard InChI is InChI=1S/C61H50N8O2.2Pt/c1-35(2)39-21-23-63-57(25-39)67-51-15-11-9-13-47(51)59-49(37(5)6)27-43(31-55(59)67)70-41-17-19-45-46-20-18-42(30-54(46)69(53(45)29-41)61-65-33-62-34-66-61)71-44-28-50(38(7)8)60-48-14-10-12-16-52(48)68(56(60)32-44)58-26-40(36(3)4)22-24-64-58;;/h9-28,33-38H,1-8H3;;/q-4;2*+2. The van der Waals surface area contributed by atoms with Gasteiger partial charge in [-0.2, -0.15) is 22.9 Å². The van der Waals surface area contributed by atoms with Crippen molar-refractivity contribution in [3.8, 4) is 40.6 Å². The van der Waals surface area contributed by atoms with Gasteiger partial charge in [0.25, 0.3) is 0 Å². The minimum atomic E-state index is 0. The summed E-state index contributed by atoms with van der Waals surface area (Å²) in [6, 6.07) is 52.3. The van der Waals surface area contributed by atoms with Gasteiger partial charge in [0.15, 0.2) is 0 Å². The SMILES string of the molecule is CC(C)c1ccnc(-n2c3[c-]c(Oc4[c-]c5c(cc4)c4ccc(Oc6[c-]c7c(c(C(C)C)c6)c6ccccc6n7-c6cc(C(C)C)ccn6)[c-]c4n5-c4ncncn4)cc(C(C)C)c3c3ccccc32)c1.[Pt+2].[Pt+2]. The number of hydrogen-bond donors (Lipinski definition) is 0. The van der Waals surface area contributed by atoms with Crippen molar-refractivity contribution in [1.29, 1.82) is 0 Å². The number of fused-ring (bicyclic) bond motifs is 9. The van der Waals surface area contributed by atoms with Gasteiger partial charge in [-0.05, 0) is 82.0 Å². The van der Waals surface area contributed by atoms with Gasteiger partial charge in [0.1, 0.15) is 24.3 Å². The molecule has 0 unspecified atom stereocenters. The topological polar surface area (TPSA) is 97.7 Å². The summed E-state index contributed by atoms with van der Waals surface area (Å²) < 4.78 is 20.0. The fourth-order valence-corrected chi connectivity index (χ4v) is 10.1. The molecule has 6 aromatic carbocycles. The second-order valence-corrected chi connectivity index (χ2v) is 19.5. The predicted octanol–water partition coefficient (Wildman–Crippen LogP) is 15.2. The molecule has 0 aliphatic heterocycles. The van der Waals surface area contributed by atoms with Crippen molar-refractivity contribution in [3.63, 3.8) is 0 Å². The summed E-state index contributed by atoms with van der Waals surface area (Å²) in [5.41, 5.74) is 10.1. The molecule has 0 radical (unpaired) electrons. The first-order valence-electron chi connectivity index (χ1n) is 24.3. The van der Waals surface area contributed by atoms with E-state index in [0.717, 1.165) is 77.1 Å². The molecular weight excluding hydrogens is 1270 g/mol. The predicted molar refractivity (Wildman–Crippen MR) is 283 cm³/mol. The van der Waals surface area contributed by atoms with Gasteiger partial charge in [-0.3, -0.25) is 0 Å². The molecule has 10 nitrogen and oxygen atoms in total. The third kappa shape index (κ3) is 8.62. The van der Waals surface area contributed by atoms with Crippen LogP contribution in [0.4, 0.5) is 0 Å². The summed E-state index contributed by atoms with van der Waals surface area (Å²) in [6.07, 6.45) is 6.77. The molecule has 73 heavy (non-hydrogen) atoms. The summed E-state index contributed by atoms with van der Waals surface area (Å²) in [7, 11) is 0. The number of para-hydroxylation sites is 2. The van der Waals surface area contributed by atoms with Crippen LogP contribution in [-0.4, -0.2) is 38.6 Å². The Morgan fingerprint density at radius 1 is 0.411 bits per heavy atom. The van der Waals surface area contributed by atoms with Crippen LogP contribution < -0.4 is 9.47 Å². The van der Waals surface area contributed by atoms with Crippen molar-refractivity contribution in [3.05, 3.63) is 181 Å². The number of ether oxygens (including phenoxy) is 2. The number of pyridine rings is 2. The van der Waals surface area contributed by atoms with Crippen molar-refractivity contribution in [1.82, 2.24) is 38.6 Å². The second-order valence-electron chi connectivity index (χ2n) is 19.5.